The Hall–Kier alpha value is -0.750. The molecule has 0 aromatic heterocycles. The van der Waals surface area contributed by atoms with Gasteiger partial charge in [0.05, 0.1) is 5.02 Å². The average Bonchev–Trinajstić information content (AvgIpc) is 2.40. The summed E-state index contributed by atoms with van der Waals surface area (Å²) < 4.78 is 1.44. The van der Waals surface area contributed by atoms with Gasteiger partial charge in [-0.05, 0) is 51.8 Å². The number of hydrogen-bond donors (Lipinski definition) is 2. The summed E-state index contributed by atoms with van der Waals surface area (Å²) in [6.07, 6.45) is 0. The normalized spacial score (nSPS) is 12.0. The summed E-state index contributed by atoms with van der Waals surface area (Å²) in [5.74, 6) is -0.496. The van der Waals surface area contributed by atoms with Crippen molar-refractivity contribution in [3.8, 4) is 0 Å². The van der Waals surface area contributed by atoms with Crippen LogP contribution in [0.4, 0.5) is 5.69 Å². The number of rotatable bonds is 4. The maximum absolute atomic E-state index is 11.8. The Morgan fingerprint density at radius 1 is 1.10 bits per heavy atom. The first-order chi connectivity index (χ1) is 9.88. The lowest BCUT2D eigenvalue weighted by Gasteiger charge is -2.19. The monoisotopic (exact) mass is 450 g/mol. The van der Waals surface area contributed by atoms with Crippen LogP contribution in [0.3, 0.4) is 0 Å². The van der Waals surface area contributed by atoms with E-state index in [9.17, 15) is 4.79 Å². The fourth-order valence-electron chi connectivity index (χ4n) is 1.79. The molecule has 0 bridgehead atoms. The Bertz CT molecular complexity index is 695. The Morgan fingerprint density at radius 2 is 1.81 bits per heavy atom. The quantitative estimate of drug-likeness (QED) is 0.673. The molecule has 0 aliphatic carbocycles. The second-order valence-corrected chi connectivity index (χ2v) is 6.83. The molecule has 0 aliphatic rings. The van der Waals surface area contributed by atoms with Crippen LogP contribution >= 0.6 is 55.1 Å². The summed E-state index contributed by atoms with van der Waals surface area (Å²) in [5, 5.41) is 4.25. The zero-order chi connectivity index (χ0) is 15.6. The molecule has 2 rings (SSSR count). The lowest BCUT2D eigenvalue weighted by atomic mass is 10.1. The molecule has 0 aliphatic heterocycles. The van der Waals surface area contributed by atoms with Crippen LogP contribution in [0.1, 0.15) is 11.6 Å². The molecular formula is C14H10Br2Cl2N2O. The third-order valence-corrected chi connectivity index (χ3v) is 4.92. The van der Waals surface area contributed by atoms with Crippen LogP contribution in [-0.4, -0.2) is 5.91 Å². The van der Waals surface area contributed by atoms with Crippen LogP contribution < -0.4 is 11.1 Å². The highest BCUT2D eigenvalue weighted by Crippen LogP contribution is 2.31. The number of hydrogen-bond acceptors (Lipinski definition) is 2. The molecule has 1 atom stereocenters. The van der Waals surface area contributed by atoms with Crippen LogP contribution in [0.15, 0.2) is 45.3 Å². The summed E-state index contributed by atoms with van der Waals surface area (Å²) in [5.41, 5.74) is 6.92. The topological polar surface area (TPSA) is 55.1 Å². The van der Waals surface area contributed by atoms with E-state index in [0.29, 0.717) is 20.1 Å². The van der Waals surface area contributed by atoms with Crippen LogP contribution in [-0.2, 0) is 4.79 Å². The Labute approximate surface area is 149 Å². The van der Waals surface area contributed by atoms with Gasteiger partial charge in [-0.3, -0.25) is 4.79 Å². The van der Waals surface area contributed by atoms with E-state index in [1.165, 1.54) is 0 Å². The Morgan fingerprint density at radius 3 is 2.38 bits per heavy atom. The van der Waals surface area contributed by atoms with Crippen molar-refractivity contribution in [3.63, 3.8) is 0 Å². The zero-order valence-electron chi connectivity index (χ0n) is 10.5. The molecule has 0 saturated heterocycles. The average molecular weight is 453 g/mol. The smallest absolute Gasteiger partial charge is 0.244 e. The van der Waals surface area contributed by atoms with Crippen molar-refractivity contribution in [1.29, 1.82) is 0 Å². The molecule has 2 aromatic rings. The van der Waals surface area contributed by atoms with Crippen LogP contribution in [0.25, 0.3) is 0 Å². The molecule has 2 aromatic carbocycles. The third-order valence-electron chi connectivity index (χ3n) is 2.79. The predicted molar refractivity (Wildman–Crippen MR) is 93.9 cm³/mol. The zero-order valence-corrected chi connectivity index (χ0v) is 15.2. The van der Waals surface area contributed by atoms with E-state index in [0.717, 1.165) is 10.2 Å². The van der Waals surface area contributed by atoms with E-state index in [1.54, 1.807) is 36.4 Å². The number of halogens is 4. The van der Waals surface area contributed by atoms with Gasteiger partial charge in [0.2, 0.25) is 5.91 Å². The molecule has 7 heteroatoms. The lowest BCUT2D eigenvalue weighted by molar-refractivity contribution is -0.118. The highest BCUT2D eigenvalue weighted by Gasteiger charge is 2.20. The minimum atomic E-state index is -0.690. The van der Waals surface area contributed by atoms with E-state index >= 15 is 0 Å². The van der Waals surface area contributed by atoms with Crippen molar-refractivity contribution in [1.82, 2.24) is 0 Å². The summed E-state index contributed by atoms with van der Waals surface area (Å²) in [6, 6.07) is 9.76. The first-order valence-corrected chi connectivity index (χ1v) is 8.18. The molecule has 3 N–H and O–H groups in total. The second-order valence-electron chi connectivity index (χ2n) is 4.27. The second kappa shape index (κ2) is 7.01. The van der Waals surface area contributed by atoms with Gasteiger partial charge in [0.15, 0.2) is 0 Å². The van der Waals surface area contributed by atoms with Gasteiger partial charge in [0.25, 0.3) is 0 Å². The van der Waals surface area contributed by atoms with Gasteiger partial charge in [-0.1, -0.05) is 45.2 Å². The van der Waals surface area contributed by atoms with Crippen LogP contribution in [0.5, 0.6) is 0 Å². The number of amides is 1. The maximum Gasteiger partial charge on any atom is 0.244 e. The molecule has 3 nitrogen and oxygen atoms in total. The van der Waals surface area contributed by atoms with E-state index in [1.807, 2.05) is 0 Å². The SMILES string of the molecule is NC(=O)C(Nc1ccc(Cl)c(Br)c1)c1ccc(Cl)cc1Br. The van der Waals surface area contributed by atoms with Gasteiger partial charge in [0.1, 0.15) is 6.04 Å². The minimum absolute atomic E-state index is 0.496. The van der Waals surface area contributed by atoms with Crippen LogP contribution in [0, 0.1) is 0 Å². The first-order valence-electron chi connectivity index (χ1n) is 5.84. The van der Waals surface area contributed by atoms with E-state index in [-0.39, 0.29) is 0 Å². The molecular weight excluding hydrogens is 443 g/mol. The standard InChI is InChI=1S/C14H10Br2Cl2N2O/c15-10-5-7(17)1-3-9(10)13(14(19)21)20-8-2-4-12(18)11(16)6-8/h1-6,13,20H,(H2,19,21). The fourth-order valence-corrected chi connectivity index (χ4v) is 3.20. The van der Waals surface area contributed by atoms with Crippen molar-refractivity contribution < 1.29 is 4.79 Å². The number of nitrogens with one attached hydrogen (secondary N) is 1. The van der Waals surface area contributed by atoms with Gasteiger partial charge in [-0.2, -0.15) is 0 Å². The van der Waals surface area contributed by atoms with Gasteiger partial charge < -0.3 is 11.1 Å². The molecule has 1 unspecified atom stereocenters. The van der Waals surface area contributed by atoms with Crippen molar-refractivity contribution in [2.75, 3.05) is 5.32 Å². The molecule has 0 spiro atoms. The maximum atomic E-state index is 11.8. The predicted octanol–water partition coefficient (Wildman–Crippen LogP) is 5.16. The van der Waals surface area contributed by atoms with E-state index in [2.05, 4.69) is 37.2 Å². The number of primary amides is 1. The number of carbonyl (C=O) groups excluding carboxylic acids is 1. The fraction of sp³-hybridized carbons (Fsp3) is 0.0714. The molecule has 0 fully saturated rings. The van der Waals surface area contributed by atoms with Crippen LogP contribution in [0.2, 0.25) is 10.0 Å². The van der Waals surface area contributed by atoms with Gasteiger partial charge in [-0.25, -0.2) is 0 Å². The van der Waals surface area contributed by atoms with Crippen molar-refractivity contribution in [2.45, 2.75) is 6.04 Å². The molecule has 21 heavy (non-hydrogen) atoms. The number of carbonyl (C=O) groups is 1. The number of benzene rings is 2. The lowest BCUT2D eigenvalue weighted by Crippen LogP contribution is -2.28. The van der Waals surface area contributed by atoms with E-state index in [4.69, 9.17) is 28.9 Å². The van der Waals surface area contributed by atoms with Crippen molar-refractivity contribution in [3.05, 3.63) is 61.0 Å². The summed E-state index contributed by atoms with van der Waals surface area (Å²) in [4.78, 5) is 11.8. The number of nitrogens with two attached hydrogens (primary N) is 1. The molecule has 0 heterocycles. The van der Waals surface area contributed by atoms with Gasteiger partial charge in [0, 0.05) is 19.7 Å². The van der Waals surface area contributed by atoms with E-state index < -0.39 is 11.9 Å². The van der Waals surface area contributed by atoms with Gasteiger partial charge in [-0.15, -0.1) is 0 Å². The highest BCUT2D eigenvalue weighted by molar-refractivity contribution is 9.10. The molecule has 1 amide bonds. The molecule has 110 valence electrons. The highest BCUT2D eigenvalue weighted by atomic mass is 79.9. The largest absolute Gasteiger partial charge is 0.370 e. The van der Waals surface area contributed by atoms with Gasteiger partial charge >= 0.3 is 0 Å². The van der Waals surface area contributed by atoms with Crippen molar-refractivity contribution in [2.24, 2.45) is 5.73 Å². The number of anilines is 1. The summed E-state index contributed by atoms with van der Waals surface area (Å²) >= 11 is 18.6. The Kier molecular flexibility index (Phi) is 5.54. The molecule has 0 saturated carbocycles. The molecule has 0 radical (unpaired) electrons. The third kappa shape index (κ3) is 4.13. The summed E-state index contributed by atoms with van der Waals surface area (Å²) in [7, 11) is 0. The van der Waals surface area contributed by atoms with Crippen molar-refractivity contribution >= 4 is 66.7 Å². The first kappa shape index (κ1) is 16.6. The minimum Gasteiger partial charge on any atom is -0.370 e. The Balaban J connectivity index is 2.35. The summed E-state index contributed by atoms with van der Waals surface area (Å²) in [6.45, 7) is 0.